The SMILES string of the molecule is COc1ccc(S(=O)(=O)N2CCCC(c3ccnc(Nc4ccccn4)n3)C2)cc1. The lowest BCUT2D eigenvalue weighted by molar-refractivity contribution is 0.312. The molecule has 30 heavy (non-hydrogen) atoms. The van der Waals surface area contributed by atoms with Crippen molar-refractivity contribution >= 4 is 21.8 Å². The number of pyridine rings is 1. The van der Waals surface area contributed by atoms with Gasteiger partial charge >= 0.3 is 0 Å². The molecule has 0 aliphatic carbocycles. The fraction of sp³-hybridized carbons (Fsp3) is 0.286. The summed E-state index contributed by atoms with van der Waals surface area (Å²) in [5.74, 6) is 1.72. The molecule has 1 aliphatic heterocycles. The zero-order valence-electron chi connectivity index (χ0n) is 16.6. The summed E-state index contributed by atoms with van der Waals surface area (Å²) in [7, 11) is -2.02. The van der Waals surface area contributed by atoms with Gasteiger partial charge in [-0.15, -0.1) is 0 Å². The predicted octanol–water partition coefficient (Wildman–Crippen LogP) is 3.19. The summed E-state index contributed by atoms with van der Waals surface area (Å²) in [5.41, 5.74) is 0.818. The van der Waals surface area contributed by atoms with Crippen LogP contribution < -0.4 is 10.1 Å². The second kappa shape index (κ2) is 8.76. The fourth-order valence-corrected chi connectivity index (χ4v) is 5.03. The Morgan fingerprint density at radius 3 is 2.63 bits per heavy atom. The summed E-state index contributed by atoms with van der Waals surface area (Å²) in [6.45, 7) is 0.878. The second-order valence-electron chi connectivity index (χ2n) is 7.02. The smallest absolute Gasteiger partial charge is 0.243 e. The van der Waals surface area contributed by atoms with Gasteiger partial charge < -0.3 is 10.1 Å². The standard InChI is InChI=1S/C21H23N5O3S/c1-29-17-7-9-18(10-8-17)30(27,28)26-14-4-5-16(15-26)19-11-13-23-21(24-19)25-20-6-2-3-12-22-20/h2-3,6-13,16H,4-5,14-15H2,1H3,(H,22,23,24,25). The number of piperidine rings is 1. The number of rotatable bonds is 6. The fourth-order valence-electron chi connectivity index (χ4n) is 3.51. The van der Waals surface area contributed by atoms with E-state index in [-0.39, 0.29) is 10.8 Å². The van der Waals surface area contributed by atoms with Crippen LogP contribution in [0.25, 0.3) is 0 Å². The number of methoxy groups -OCH3 is 1. The molecule has 1 atom stereocenters. The minimum Gasteiger partial charge on any atom is -0.497 e. The van der Waals surface area contributed by atoms with Crippen LogP contribution in [-0.2, 0) is 10.0 Å². The number of nitrogens with zero attached hydrogens (tertiary/aromatic N) is 4. The van der Waals surface area contributed by atoms with Gasteiger partial charge in [-0.1, -0.05) is 6.07 Å². The van der Waals surface area contributed by atoms with Crippen molar-refractivity contribution in [1.29, 1.82) is 0 Å². The first-order valence-electron chi connectivity index (χ1n) is 9.71. The molecule has 0 spiro atoms. The first kappa shape index (κ1) is 20.2. The topological polar surface area (TPSA) is 97.3 Å². The quantitative estimate of drug-likeness (QED) is 0.648. The predicted molar refractivity (Wildman–Crippen MR) is 113 cm³/mol. The number of hydrogen-bond donors (Lipinski definition) is 1. The van der Waals surface area contributed by atoms with E-state index in [1.807, 2.05) is 24.3 Å². The van der Waals surface area contributed by atoms with E-state index in [0.29, 0.717) is 30.6 Å². The van der Waals surface area contributed by atoms with Gasteiger partial charge in [-0.05, 0) is 55.3 Å². The molecule has 8 nitrogen and oxygen atoms in total. The third-order valence-electron chi connectivity index (χ3n) is 5.08. The number of hydrogen-bond acceptors (Lipinski definition) is 7. The summed E-state index contributed by atoms with van der Waals surface area (Å²) in [6.07, 6.45) is 5.02. The van der Waals surface area contributed by atoms with Gasteiger partial charge in [0.2, 0.25) is 16.0 Å². The van der Waals surface area contributed by atoms with Crippen LogP contribution in [0.15, 0.2) is 65.8 Å². The Balaban J connectivity index is 1.51. The van der Waals surface area contributed by atoms with Crippen LogP contribution in [0.5, 0.6) is 5.75 Å². The van der Waals surface area contributed by atoms with Crippen LogP contribution in [0.3, 0.4) is 0 Å². The Labute approximate surface area is 176 Å². The Morgan fingerprint density at radius 2 is 1.90 bits per heavy atom. The molecule has 156 valence electrons. The van der Waals surface area contributed by atoms with Gasteiger partial charge in [0.05, 0.1) is 17.7 Å². The van der Waals surface area contributed by atoms with E-state index < -0.39 is 10.0 Å². The van der Waals surface area contributed by atoms with Crippen LogP contribution in [0.1, 0.15) is 24.5 Å². The Bertz CT molecular complexity index is 1090. The van der Waals surface area contributed by atoms with Crippen molar-refractivity contribution in [1.82, 2.24) is 19.3 Å². The van der Waals surface area contributed by atoms with Gasteiger partial charge in [0.25, 0.3) is 0 Å². The molecule has 0 bridgehead atoms. The maximum Gasteiger partial charge on any atom is 0.243 e. The van der Waals surface area contributed by atoms with E-state index in [9.17, 15) is 8.42 Å². The largest absolute Gasteiger partial charge is 0.497 e. The molecule has 1 N–H and O–H groups in total. The Kier molecular flexibility index (Phi) is 5.91. The van der Waals surface area contributed by atoms with Gasteiger partial charge in [0, 0.05) is 31.4 Å². The molecular weight excluding hydrogens is 402 g/mol. The summed E-state index contributed by atoms with van der Waals surface area (Å²) < 4.78 is 32.9. The lowest BCUT2D eigenvalue weighted by Crippen LogP contribution is -2.39. The van der Waals surface area contributed by atoms with Crippen LogP contribution in [-0.4, -0.2) is 47.9 Å². The third kappa shape index (κ3) is 4.42. The number of aromatic nitrogens is 3. The van der Waals surface area contributed by atoms with Crippen LogP contribution in [0.2, 0.25) is 0 Å². The van der Waals surface area contributed by atoms with Gasteiger partial charge in [0.1, 0.15) is 11.6 Å². The van der Waals surface area contributed by atoms with Gasteiger partial charge in [-0.25, -0.2) is 23.4 Å². The second-order valence-corrected chi connectivity index (χ2v) is 8.96. The number of anilines is 2. The molecule has 1 saturated heterocycles. The molecule has 3 aromatic rings. The first-order chi connectivity index (χ1) is 14.6. The summed E-state index contributed by atoms with van der Waals surface area (Å²) in [4.78, 5) is 13.3. The van der Waals surface area contributed by atoms with Crippen molar-refractivity contribution in [2.75, 3.05) is 25.5 Å². The van der Waals surface area contributed by atoms with Crippen LogP contribution in [0, 0.1) is 0 Å². The molecule has 1 fully saturated rings. The minimum absolute atomic E-state index is 0.000874. The summed E-state index contributed by atoms with van der Waals surface area (Å²) in [6, 6.07) is 13.9. The third-order valence-corrected chi connectivity index (χ3v) is 6.96. The number of ether oxygens (including phenoxy) is 1. The highest BCUT2D eigenvalue weighted by Gasteiger charge is 2.31. The number of benzene rings is 1. The van der Waals surface area contributed by atoms with E-state index >= 15 is 0 Å². The molecule has 1 aliphatic rings. The minimum atomic E-state index is -3.58. The van der Waals surface area contributed by atoms with Crippen LogP contribution in [0.4, 0.5) is 11.8 Å². The average Bonchev–Trinajstić information content (AvgIpc) is 2.80. The zero-order chi connectivity index (χ0) is 21.0. The van der Waals surface area contributed by atoms with Crippen molar-refractivity contribution in [2.45, 2.75) is 23.7 Å². The number of sulfonamides is 1. The number of nitrogens with one attached hydrogen (secondary N) is 1. The normalized spacial score (nSPS) is 17.4. The van der Waals surface area contributed by atoms with E-state index in [1.54, 1.807) is 43.8 Å². The molecule has 2 aromatic heterocycles. The average molecular weight is 426 g/mol. The first-order valence-corrected chi connectivity index (χ1v) is 11.2. The zero-order valence-corrected chi connectivity index (χ0v) is 17.4. The molecule has 1 aromatic carbocycles. The highest BCUT2D eigenvalue weighted by Crippen LogP contribution is 2.30. The highest BCUT2D eigenvalue weighted by molar-refractivity contribution is 7.89. The van der Waals surface area contributed by atoms with Crippen molar-refractivity contribution in [3.05, 3.63) is 66.6 Å². The molecule has 0 saturated carbocycles. The van der Waals surface area contributed by atoms with E-state index in [2.05, 4.69) is 20.3 Å². The van der Waals surface area contributed by atoms with Crippen molar-refractivity contribution < 1.29 is 13.2 Å². The van der Waals surface area contributed by atoms with Crippen molar-refractivity contribution in [3.8, 4) is 5.75 Å². The van der Waals surface area contributed by atoms with Gasteiger partial charge in [-0.2, -0.15) is 4.31 Å². The lowest BCUT2D eigenvalue weighted by Gasteiger charge is -2.31. The van der Waals surface area contributed by atoms with E-state index in [1.165, 1.54) is 4.31 Å². The maximum atomic E-state index is 13.1. The molecule has 0 amide bonds. The van der Waals surface area contributed by atoms with Crippen LogP contribution >= 0.6 is 0 Å². The highest BCUT2D eigenvalue weighted by atomic mass is 32.2. The molecule has 9 heteroatoms. The van der Waals surface area contributed by atoms with Gasteiger partial charge in [0.15, 0.2) is 0 Å². The molecule has 3 heterocycles. The summed E-state index contributed by atoms with van der Waals surface area (Å²) in [5, 5.41) is 3.08. The van der Waals surface area contributed by atoms with E-state index in [0.717, 1.165) is 18.5 Å². The molecular formula is C21H23N5O3S. The molecule has 4 rings (SSSR count). The lowest BCUT2D eigenvalue weighted by atomic mass is 9.96. The summed E-state index contributed by atoms with van der Waals surface area (Å²) >= 11 is 0. The Hall–Kier alpha value is -3.04. The molecule has 0 radical (unpaired) electrons. The van der Waals surface area contributed by atoms with E-state index in [4.69, 9.17) is 4.74 Å². The van der Waals surface area contributed by atoms with Crippen molar-refractivity contribution in [2.24, 2.45) is 0 Å². The molecule has 1 unspecified atom stereocenters. The monoisotopic (exact) mass is 425 g/mol. The maximum absolute atomic E-state index is 13.1. The Morgan fingerprint density at radius 1 is 1.07 bits per heavy atom. The van der Waals surface area contributed by atoms with Gasteiger partial charge in [-0.3, -0.25) is 0 Å². The van der Waals surface area contributed by atoms with Crippen molar-refractivity contribution in [3.63, 3.8) is 0 Å².